The molecule has 9 heteroatoms. The van der Waals surface area contributed by atoms with Gasteiger partial charge in [-0.15, -0.1) is 0 Å². The van der Waals surface area contributed by atoms with Crippen molar-refractivity contribution >= 4 is 23.5 Å². The molecule has 1 aromatic rings. The molecular weight excluding hydrogens is 338 g/mol. The number of carbonyl (C=O) groups excluding carboxylic acids is 2. The van der Waals surface area contributed by atoms with Crippen LogP contribution in [0.5, 0.6) is 0 Å². The van der Waals surface area contributed by atoms with Crippen LogP contribution in [0.2, 0.25) is 0 Å². The molecule has 0 saturated carbocycles. The standard InChI is InChI=1S/C16H16F2N2O5/c17-10-1-2-12(11(18)6-10)20-7-9(5-13(20)21)14(22)19-16(15(23)24)3-4-25-8-16/h1-2,6,9H,3-5,7-8H2,(H,19,22)(H,23,24). The quantitative estimate of drug-likeness (QED) is 0.829. The summed E-state index contributed by atoms with van der Waals surface area (Å²) < 4.78 is 31.9. The van der Waals surface area contributed by atoms with E-state index < -0.39 is 40.9 Å². The summed E-state index contributed by atoms with van der Waals surface area (Å²) in [6.07, 6.45) is -0.0513. The summed E-state index contributed by atoms with van der Waals surface area (Å²) in [7, 11) is 0. The van der Waals surface area contributed by atoms with Crippen LogP contribution < -0.4 is 10.2 Å². The number of carboxylic acids is 1. The van der Waals surface area contributed by atoms with E-state index in [9.17, 15) is 28.3 Å². The zero-order valence-electron chi connectivity index (χ0n) is 13.1. The summed E-state index contributed by atoms with van der Waals surface area (Å²) in [5.74, 6) is -4.80. The zero-order valence-corrected chi connectivity index (χ0v) is 13.1. The zero-order chi connectivity index (χ0) is 18.2. The molecule has 2 atom stereocenters. The van der Waals surface area contributed by atoms with Gasteiger partial charge in [-0.1, -0.05) is 0 Å². The SMILES string of the molecule is O=C(NC1(C(=O)O)CCOC1)C1CC(=O)N(c2ccc(F)cc2F)C1. The van der Waals surface area contributed by atoms with Crippen LogP contribution in [0, 0.1) is 17.6 Å². The minimum Gasteiger partial charge on any atom is -0.479 e. The molecule has 2 aliphatic rings. The highest BCUT2D eigenvalue weighted by atomic mass is 19.1. The van der Waals surface area contributed by atoms with Crippen LogP contribution in [0.4, 0.5) is 14.5 Å². The van der Waals surface area contributed by atoms with E-state index in [0.29, 0.717) is 6.07 Å². The Morgan fingerprint density at radius 3 is 2.72 bits per heavy atom. The Hall–Kier alpha value is -2.55. The van der Waals surface area contributed by atoms with Crippen LogP contribution in [-0.4, -0.2) is 48.2 Å². The minimum absolute atomic E-state index is 0.107. The van der Waals surface area contributed by atoms with Gasteiger partial charge in [0.25, 0.3) is 0 Å². The van der Waals surface area contributed by atoms with Gasteiger partial charge in [-0.05, 0) is 12.1 Å². The first kappa shape index (κ1) is 17.3. The number of hydrogen-bond acceptors (Lipinski definition) is 4. The van der Waals surface area contributed by atoms with E-state index in [1.54, 1.807) is 0 Å². The number of amides is 2. The van der Waals surface area contributed by atoms with E-state index >= 15 is 0 Å². The molecule has 2 heterocycles. The van der Waals surface area contributed by atoms with Crippen molar-refractivity contribution in [1.29, 1.82) is 0 Å². The number of carboxylic acid groups (broad SMARTS) is 1. The fourth-order valence-corrected chi connectivity index (χ4v) is 3.04. The second-order valence-electron chi connectivity index (χ2n) is 6.18. The fourth-order valence-electron chi connectivity index (χ4n) is 3.04. The summed E-state index contributed by atoms with van der Waals surface area (Å²) in [5.41, 5.74) is -1.62. The molecule has 2 N–H and O–H groups in total. The van der Waals surface area contributed by atoms with Crippen LogP contribution in [0.15, 0.2) is 18.2 Å². The highest BCUT2D eigenvalue weighted by molar-refractivity contribution is 6.01. The predicted octanol–water partition coefficient (Wildman–Crippen LogP) is 0.678. The molecule has 2 unspecified atom stereocenters. The molecule has 2 fully saturated rings. The molecule has 134 valence electrons. The molecule has 0 bridgehead atoms. The summed E-state index contributed by atoms with van der Waals surface area (Å²) in [4.78, 5) is 37.0. The Balaban J connectivity index is 1.73. The van der Waals surface area contributed by atoms with Gasteiger partial charge in [-0.25, -0.2) is 13.6 Å². The fraction of sp³-hybridized carbons (Fsp3) is 0.438. The molecule has 2 amide bonds. The molecule has 0 spiro atoms. The molecule has 0 aromatic heterocycles. The monoisotopic (exact) mass is 354 g/mol. The highest BCUT2D eigenvalue weighted by Gasteiger charge is 2.46. The van der Waals surface area contributed by atoms with Gasteiger partial charge in [0.1, 0.15) is 11.6 Å². The molecule has 2 saturated heterocycles. The van der Waals surface area contributed by atoms with E-state index in [1.165, 1.54) is 0 Å². The van der Waals surface area contributed by atoms with E-state index in [-0.39, 0.29) is 38.3 Å². The van der Waals surface area contributed by atoms with Crippen molar-refractivity contribution in [3.8, 4) is 0 Å². The maximum Gasteiger partial charge on any atom is 0.331 e. The lowest BCUT2D eigenvalue weighted by Gasteiger charge is -2.25. The number of nitrogens with one attached hydrogen (secondary N) is 1. The Morgan fingerprint density at radius 1 is 1.36 bits per heavy atom. The second kappa shape index (κ2) is 6.40. The number of benzene rings is 1. The number of aliphatic carboxylic acids is 1. The lowest BCUT2D eigenvalue weighted by atomic mass is 9.97. The van der Waals surface area contributed by atoms with E-state index in [1.807, 2.05) is 0 Å². The Kier molecular flexibility index (Phi) is 4.42. The van der Waals surface area contributed by atoms with Gasteiger partial charge in [0.15, 0.2) is 5.54 Å². The number of ether oxygens (including phenoxy) is 1. The molecule has 3 rings (SSSR count). The van der Waals surface area contributed by atoms with Crippen molar-refractivity contribution in [3.05, 3.63) is 29.8 Å². The van der Waals surface area contributed by atoms with Crippen molar-refractivity contribution in [2.45, 2.75) is 18.4 Å². The van der Waals surface area contributed by atoms with Crippen LogP contribution in [0.1, 0.15) is 12.8 Å². The van der Waals surface area contributed by atoms with Gasteiger partial charge in [0.2, 0.25) is 11.8 Å². The Labute approximate surface area is 141 Å². The molecule has 1 aromatic carbocycles. The van der Waals surface area contributed by atoms with Crippen LogP contribution in [-0.2, 0) is 19.1 Å². The second-order valence-corrected chi connectivity index (χ2v) is 6.18. The average molecular weight is 354 g/mol. The third kappa shape index (κ3) is 3.19. The maximum absolute atomic E-state index is 13.9. The van der Waals surface area contributed by atoms with Gasteiger partial charge in [0, 0.05) is 32.1 Å². The Morgan fingerprint density at radius 2 is 2.12 bits per heavy atom. The molecule has 2 aliphatic heterocycles. The first-order chi connectivity index (χ1) is 11.8. The third-order valence-corrected chi connectivity index (χ3v) is 4.49. The smallest absolute Gasteiger partial charge is 0.331 e. The lowest BCUT2D eigenvalue weighted by molar-refractivity contribution is -0.148. The first-order valence-electron chi connectivity index (χ1n) is 7.71. The van der Waals surface area contributed by atoms with Gasteiger partial charge >= 0.3 is 5.97 Å². The van der Waals surface area contributed by atoms with Crippen LogP contribution in [0.3, 0.4) is 0 Å². The largest absolute Gasteiger partial charge is 0.479 e. The number of rotatable bonds is 4. The summed E-state index contributed by atoms with van der Waals surface area (Å²) in [6.45, 7) is -0.0437. The third-order valence-electron chi connectivity index (χ3n) is 4.49. The average Bonchev–Trinajstić information content (AvgIpc) is 3.15. The van der Waals surface area contributed by atoms with Gasteiger partial charge in [-0.3, -0.25) is 9.59 Å². The van der Waals surface area contributed by atoms with E-state index in [4.69, 9.17) is 4.74 Å². The normalized spacial score (nSPS) is 26.1. The maximum atomic E-state index is 13.9. The van der Waals surface area contributed by atoms with E-state index in [2.05, 4.69) is 5.32 Å². The minimum atomic E-state index is -1.51. The topological polar surface area (TPSA) is 95.9 Å². The summed E-state index contributed by atoms with van der Waals surface area (Å²) in [6, 6.07) is 2.81. The molecular formula is C16H16F2N2O5. The number of nitrogens with zero attached hydrogens (tertiary/aromatic N) is 1. The molecule has 7 nitrogen and oxygen atoms in total. The molecule has 25 heavy (non-hydrogen) atoms. The van der Waals surface area contributed by atoms with Gasteiger partial charge < -0.3 is 20.1 Å². The van der Waals surface area contributed by atoms with Gasteiger partial charge in [-0.2, -0.15) is 0 Å². The van der Waals surface area contributed by atoms with Crippen molar-refractivity contribution in [2.24, 2.45) is 5.92 Å². The predicted molar refractivity (Wildman–Crippen MR) is 80.8 cm³/mol. The highest BCUT2D eigenvalue weighted by Crippen LogP contribution is 2.29. The van der Waals surface area contributed by atoms with Crippen LogP contribution in [0.25, 0.3) is 0 Å². The van der Waals surface area contributed by atoms with Crippen molar-refractivity contribution in [2.75, 3.05) is 24.7 Å². The number of anilines is 1. The lowest BCUT2D eigenvalue weighted by Crippen LogP contribution is -2.56. The molecule has 0 aliphatic carbocycles. The number of carbonyl (C=O) groups is 3. The Bertz CT molecular complexity index is 733. The summed E-state index contributed by atoms with van der Waals surface area (Å²) >= 11 is 0. The van der Waals surface area contributed by atoms with Crippen molar-refractivity contribution in [1.82, 2.24) is 5.32 Å². The molecule has 0 radical (unpaired) electrons. The van der Waals surface area contributed by atoms with E-state index in [0.717, 1.165) is 17.0 Å². The van der Waals surface area contributed by atoms with Crippen molar-refractivity contribution in [3.63, 3.8) is 0 Å². The summed E-state index contributed by atoms with van der Waals surface area (Å²) in [5, 5.41) is 11.8. The van der Waals surface area contributed by atoms with Gasteiger partial charge in [0.05, 0.1) is 18.2 Å². The van der Waals surface area contributed by atoms with Crippen molar-refractivity contribution < 1.29 is 33.0 Å². The number of halogens is 2. The first-order valence-corrected chi connectivity index (χ1v) is 7.71. The van der Waals surface area contributed by atoms with Crippen LogP contribution >= 0.6 is 0 Å². The number of hydrogen-bond donors (Lipinski definition) is 2.